The summed E-state index contributed by atoms with van der Waals surface area (Å²) in [6.45, 7) is 2.74. The van der Waals surface area contributed by atoms with Crippen LogP contribution in [-0.4, -0.2) is 44.8 Å². The van der Waals surface area contributed by atoms with Gasteiger partial charge in [0.15, 0.2) is 0 Å². The Kier molecular flexibility index (Phi) is 5.62. The Morgan fingerprint density at radius 2 is 2.00 bits per heavy atom. The number of carbonyl (C=O) groups excluding carboxylic acids is 1. The summed E-state index contributed by atoms with van der Waals surface area (Å²) in [5, 5.41) is 13.4. The van der Waals surface area contributed by atoms with Gasteiger partial charge in [-0.25, -0.2) is 4.68 Å². The van der Waals surface area contributed by atoms with Crippen molar-refractivity contribution in [1.82, 2.24) is 14.7 Å². The smallest absolute Gasteiger partial charge is 0.308 e. The third-order valence-electron chi connectivity index (χ3n) is 4.26. The summed E-state index contributed by atoms with van der Waals surface area (Å²) in [5.74, 6) is -1.43. The zero-order valence-electron chi connectivity index (χ0n) is 13.4. The van der Waals surface area contributed by atoms with E-state index in [4.69, 9.17) is 5.11 Å². The number of aromatic nitrogens is 2. The summed E-state index contributed by atoms with van der Waals surface area (Å²) in [4.78, 5) is 25.4. The molecule has 1 aromatic heterocycles. The SMILES string of the molecule is CCc1c(C(=O)N2CCC(C(=O)O)C2)cnn1-c1ccccc1.Cl. The molecule has 1 aromatic carbocycles. The number of halogens is 1. The molecule has 2 aromatic rings. The lowest BCUT2D eigenvalue weighted by Gasteiger charge is -2.16. The maximum Gasteiger partial charge on any atom is 0.308 e. The van der Waals surface area contributed by atoms with E-state index in [1.54, 1.807) is 15.8 Å². The summed E-state index contributed by atoms with van der Waals surface area (Å²) in [6, 6.07) is 9.67. The molecule has 0 spiro atoms. The minimum Gasteiger partial charge on any atom is -0.481 e. The molecule has 0 radical (unpaired) electrons. The standard InChI is InChI=1S/C17H19N3O3.ClH/c1-2-15-14(10-18-20(15)13-6-4-3-5-7-13)16(21)19-9-8-12(11-19)17(22)23;/h3-7,10,12H,2,8-9,11H2,1H3,(H,22,23);1H. The average Bonchev–Trinajstić information content (AvgIpc) is 3.22. The molecule has 6 nitrogen and oxygen atoms in total. The molecular weight excluding hydrogens is 330 g/mol. The highest BCUT2D eigenvalue weighted by molar-refractivity contribution is 5.95. The van der Waals surface area contributed by atoms with Gasteiger partial charge in [-0.3, -0.25) is 9.59 Å². The lowest BCUT2D eigenvalue weighted by Crippen LogP contribution is -2.30. The molecule has 1 N–H and O–H groups in total. The average molecular weight is 350 g/mol. The van der Waals surface area contributed by atoms with Gasteiger partial charge >= 0.3 is 5.97 Å². The second-order valence-corrected chi connectivity index (χ2v) is 5.68. The van der Waals surface area contributed by atoms with Crippen LogP contribution < -0.4 is 0 Å². The minimum absolute atomic E-state index is 0. The molecule has 0 aliphatic carbocycles. The Balaban J connectivity index is 0.00000208. The maximum absolute atomic E-state index is 12.7. The van der Waals surface area contributed by atoms with Crippen LogP contribution >= 0.6 is 12.4 Å². The zero-order valence-corrected chi connectivity index (χ0v) is 14.2. The zero-order chi connectivity index (χ0) is 16.4. The van der Waals surface area contributed by atoms with E-state index >= 15 is 0 Å². The topological polar surface area (TPSA) is 75.4 Å². The molecule has 1 unspecified atom stereocenters. The number of rotatable bonds is 4. The lowest BCUT2D eigenvalue weighted by atomic mass is 10.1. The fourth-order valence-electron chi connectivity index (χ4n) is 3.00. The fraction of sp³-hybridized carbons (Fsp3) is 0.353. The number of para-hydroxylation sites is 1. The first-order chi connectivity index (χ1) is 11.1. The van der Waals surface area contributed by atoms with Gasteiger partial charge in [-0.1, -0.05) is 25.1 Å². The number of carboxylic acid groups (broad SMARTS) is 1. The molecule has 1 saturated heterocycles. The van der Waals surface area contributed by atoms with Gasteiger partial charge in [0.1, 0.15) is 0 Å². The second kappa shape index (κ2) is 7.49. The van der Waals surface area contributed by atoms with Crippen molar-refractivity contribution >= 4 is 24.3 Å². The normalized spacial score (nSPS) is 16.7. The van der Waals surface area contributed by atoms with Crippen molar-refractivity contribution in [3.05, 3.63) is 47.8 Å². The number of hydrogen-bond acceptors (Lipinski definition) is 3. The predicted octanol–water partition coefficient (Wildman–Crippen LogP) is 2.40. The van der Waals surface area contributed by atoms with Crippen molar-refractivity contribution in [3.63, 3.8) is 0 Å². The Morgan fingerprint density at radius 1 is 1.29 bits per heavy atom. The van der Waals surface area contributed by atoms with Gasteiger partial charge in [0, 0.05) is 13.1 Å². The van der Waals surface area contributed by atoms with Crippen LogP contribution in [0.2, 0.25) is 0 Å². The van der Waals surface area contributed by atoms with Crippen molar-refractivity contribution in [2.75, 3.05) is 13.1 Å². The summed E-state index contributed by atoms with van der Waals surface area (Å²) in [5.41, 5.74) is 2.32. The van der Waals surface area contributed by atoms with Gasteiger partial charge in [0.2, 0.25) is 0 Å². The van der Waals surface area contributed by atoms with Crippen molar-refractivity contribution in [2.45, 2.75) is 19.8 Å². The molecule has 0 bridgehead atoms. The van der Waals surface area contributed by atoms with Crippen molar-refractivity contribution in [2.24, 2.45) is 5.92 Å². The molecule has 1 amide bonds. The van der Waals surface area contributed by atoms with Gasteiger partial charge in [0.25, 0.3) is 5.91 Å². The second-order valence-electron chi connectivity index (χ2n) is 5.68. The van der Waals surface area contributed by atoms with Gasteiger partial charge in [-0.05, 0) is 25.0 Å². The van der Waals surface area contributed by atoms with E-state index in [0.717, 1.165) is 11.4 Å². The third kappa shape index (κ3) is 3.28. The van der Waals surface area contributed by atoms with Crippen LogP contribution in [0.3, 0.4) is 0 Å². The van der Waals surface area contributed by atoms with Crippen LogP contribution in [0.1, 0.15) is 29.4 Å². The van der Waals surface area contributed by atoms with Gasteiger partial charge in [-0.2, -0.15) is 5.10 Å². The summed E-state index contributed by atoms with van der Waals surface area (Å²) < 4.78 is 1.78. The first-order valence-corrected chi connectivity index (χ1v) is 7.76. The van der Waals surface area contributed by atoms with E-state index in [-0.39, 0.29) is 24.9 Å². The monoisotopic (exact) mass is 349 g/mol. The highest BCUT2D eigenvalue weighted by Gasteiger charge is 2.32. The number of benzene rings is 1. The predicted molar refractivity (Wildman–Crippen MR) is 91.8 cm³/mol. The molecule has 1 aliphatic rings. The quantitative estimate of drug-likeness (QED) is 0.919. The molecule has 0 saturated carbocycles. The van der Waals surface area contributed by atoms with Crippen LogP contribution in [0.4, 0.5) is 0 Å². The molecule has 24 heavy (non-hydrogen) atoms. The minimum atomic E-state index is -0.837. The number of hydrogen-bond donors (Lipinski definition) is 1. The Labute approximate surface area is 146 Å². The molecule has 128 valence electrons. The molecule has 7 heteroatoms. The van der Waals surface area contributed by atoms with E-state index in [9.17, 15) is 9.59 Å². The Hall–Kier alpha value is -2.34. The van der Waals surface area contributed by atoms with Gasteiger partial charge in [0.05, 0.1) is 29.1 Å². The molecule has 2 heterocycles. The number of nitrogens with zero attached hydrogens (tertiary/aromatic N) is 3. The van der Waals surface area contributed by atoms with E-state index in [1.165, 1.54) is 0 Å². The first kappa shape index (κ1) is 18.0. The largest absolute Gasteiger partial charge is 0.481 e. The van der Waals surface area contributed by atoms with Crippen LogP contribution in [-0.2, 0) is 11.2 Å². The lowest BCUT2D eigenvalue weighted by molar-refractivity contribution is -0.141. The summed E-state index contributed by atoms with van der Waals surface area (Å²) in [7, 11) is 0. The Bertz CT molecular complexity index is 730. The van der Waals surface area contributed by atoms with Gasteiger partial charge in [-0.15, -0.1) is 12.4 Å². The van der Waals surface area contributed by atoms with E-state index in [0.29, 0.717) is 24.9 Å². The third-order valence-corrected chi connectivity index (χ3v) is 4.26. The summed E-state index contributed by atoms with van der Waals surface area (Å²) >= 11 is 0. The van der Waals surface area contributed by atoms with E-state index in [2.05, 4.69) is 5.10 Å². The number of amides is 1. The van der Waals surface area contributed by atoms with Crippen molar-refractivity contribution in [3.8, 4) is 5.69 Å². The fourth-order valence-corrected chi connectivity index (χ4v) is 3.00. The van der Waals surface area contributed by atoms with Gasteiger partial charge < -0.3 is 10.0 Å². The molecular formula is C17H20ClN3O3. The molecule has 3 rings (SSSR count). The molecule has 1 atom stereocenters. The number of likely N-dealkylation sites (tertiary alicyclic amines) is 1. The van der Waals surface area contributed by atoms with Crippen LogP contribution in [0.5, 0.6) is 0 Å². The molecule has 1 fully saturated rings. The number of carbonyl (C=O) groups is 2. The number of aliphatic carboxylic acids is 1. The van der Waals surface area contributed by atoms with Crippen LogP contribution in [0.25, 0.3) is 5.69 Å². The number of carboxylic acids is 1. The highest BCUT2D eigenvalue weighted by Crippen LogP contribution is 2.22. The van der Waals surface area contributed by atoms with Crippen LogP contribution in [0.15, 0.2) is 36.5 Å². The van der Waals surface area contributed by atoms with E-state index in [1.807, 2.05) is 37.3 Å². The Morgan fingerprint density at radius 3 is 2.58 bits per heavy atom. The van der Waals surface area contributed by atoms with E-state index < -0.39 is 11.9 Å². The maximum atomic E-state index is 12.7. The van der Waals surface area contributed by atoms with Crippen molar-refractivity contribution in [1.29, 1.82) is 0 Å². The van der Waals surface area contributed by atoms with Crippen LogP contribution in [0, 0.1) is 5.92 Å². The van der Waals surface area contributed by atoms with Crippen molar-refractivity contribution < 1.29 is 14.7 Å². The first-order valence-electron chi connectivity index (χ1n) is 7.76. The highest BCUT2D eigenvalue weighted by atomic mass is 35.5. The molecule has 1 aliphatic heterocycles. The summed E-state index contributed by atoms with van der Waals surface area (Å²) in [6.07, 6.45) is 2.77.